The molecule has 1 saturated heterocycles. The summed E-state index contributed by atoms with van der Waals surface area (Å²) in [5, 5.41) is 0.583. The molecule has 24 valence electrons. The Kier molecular flexibility index (Phi) is 0.617. The lowest BCUT2D eigenvalue weighted by molar-refractivity contribution is 1.61. The maximum absolute atomic E-state index is 5.40. The van der Waals surface area contributed by atoms with Crippen LogP contribution in [0.25, 0.3) is 0 Å². The van der Waals surface area contributed by atoms with Crippen molar-refractivity contribution in [2.24, 2.45) is 0 Å². The van der Waals surface area contributed by atoms with Gasteiger partial charge in [0, 0.05) is 0 Å². The molecule has 2 atom stereocenters. The molecule has 0 bridgehead atoms. The van der Waals surface area contributed by atoms with E-state index in [-0.39, 0.29) is 0 Å². The van der Waals surface area contributed by atoms with Crippen LogP contribution in [0.15, 0.2) is 0 Å². The zero-order chi connectivity index (χ0) is 2.99. The van der Waals surface area contributed by atoms with E-state index < -0.39 is 0 Å². The van der Waals surface area contributed by atoms with E-state index in [4.69, 9.17) is 11.6 Å². The highest BCUT2D eigenvalue weighted by Crippen LogP contribution is 2.41. The lowest BCUT2D eigenvalue weighted by Crippen LogP contribution is -1.48. The fourth-order valence-corrected chi connectivity index (χ4v) is 0.401. The van der Waals surface area contributed by atoms with Crippen LogP contribution in [0.3, 0.4) is 0 Å². The van der Waals surface area contributed by atoms with Crippen molar-refractivity contribution in [1.82, 2.24) is 0 Å². The van der Waals surface area contributed by atoms with Crippen molar-refractivity contribution in [3.8, 4) is 0 Å². The predicted molar refractivity (Wildman–Crippen MR) is 22.8 cm³/mol. The van der Waals surface area contributed by atoms with Crippen molar-refractivity contribution >= 4 is 20.2 Å². The molecule has 0 amide bonds. The Morgan fingerprint density at radius 1 is 2.00 bits per heavy atom. The van der Waals surface area contributed by atoms with Gasteiger partial charge in [-0.05, 0) is 6.16 Å². The number of alkyl halides is 1. The second kappa shape index (κ2) is 0.841. The summed E-state index contributed by atoms with van der Waals surface area (Å²) in [4.78, 5) is 0. The van der Waals surface area contributed by atoms with E-state index in [9.17, 15) is 0 Å². The molecular weight excluding hydrogens is 90.4 g/mol. The molecule has 4 heavy (non-hydrogen) atoms. The van der Waals surface area contributed by atoms with E-state index in [2.05, 4.69) is 0 Å². The zero-order valence-electron chi connectivity index (χ0n) is 2.16. The molecule has 1 fully saturated rings. The Labute approximate surface area is 32.3 Å². The van der Waals surface area contributed by atoms with Crippen molar-refractivity contribution in [3.63, 3.8) is 0 Å². The van der Waals surface area contributed by atoms with Gasteiger partial charge in [0.1, 0.15) is 0 Å². The molecule has 0 N–H and O–H groups in total. The molecule has 0 radical (unpaired) electrons. The second-order valence-corrected chi connectivity index (χ2v) is 3.28. The summed E-state index contributed by atoms with van der Waals surface area (Å²) in [6.45, 7) is 0. The molecule has 0 nitrogen and oxygen atoms in total. The Balaban J connectivity index is 2.17. The molecular formula is C2H4ClP. The SMILES string of the molecule is ClC1CP1. The van der Waals surface area contributed by atoms with Crippen LogP contribution in [0.2, 0.25) is 0 Å². The molecule has 2 unspecified atom stereocenters. The van der Waals surface area contributed by atoms with Crippen LogP contribution in [0.1, 0.15) is 0 Å². The molecule has 0 aromatic carbocycles. The monoisotopic (exact) mass is 94.0 g/mol. The molecule has 0 aromatic heterocycles. The third-order valence-corrected chi connectivity index (χ3v) is 2.00. The summed E-state index contributed by atoms with van der Waals surface area (Å²) in [6.07, 6.45) is 1.28. The highest BCUT2D eigenvalue weighted by atomic mass is 35.5. The van der Waals surface area contributed by atoms with Gasteiger partial charge in [-0.3, -0.25) is 0 Å². The summed E-state index contributed by atoms with van der Waals surface area (Å²) < 4.78 is 0. The van der Waals surface area contributed by atoms with Crippen molar-refractivity contribution in [2.75, 3.05) is 6.16 Å². The van der Waals surface area contributed by atoms with E-state index in [1.54, 1.807) is 0 Å². The number of rotatable bonds is 0. The minimum absolute atomic E-state index is 0.583. The Morgan fingerprint density at radius 2 is 2.25 bits per heavy atom. The second-order valence-electron chi connectivity index (χ2n) is 0.876. The molecule has 0 aliphatic carbocycles. The minimum atomic E-state index is 0.583. The summed E-state index contributed by atoms with van der Waals surface area (Å²) in [7, 11) is 1.07. The average Bonchev–Trinajstić information content (AvgIpc) is 1.75. The predicted octanol–water partition coefficient (Wildman–Crippen LogP) is 1.24. The van der Waals surface area contributed by atoms with Crippen LogP contribution in [0.5, 0.6) is 0 Å². The summed E-state index contributed by atoms with van der Waals surface area (Å²) in [6, 6.07) is 0. The lowest BCUT2D eigenvalue weighted by Gasteiger charge is -1.49. The lowest BCUT2D eigenvalue weighted by atomic mass is 11.0. The highest BCUT2D eigenvalue weighted by Gasteiger charge is 2.15. The first-order chi connectivity index (χ1) is 1.89. The average molecular weight is 94.5 g/mol. The van der Waals surface area contributed by atoms with E-state index in [1.807, 2.05) is 0 Å². The van der Waals surface area contributed by atoms with Crippen LogP contribution in [0, 0.1) is 0 Å². The molecule has 1 heterocycles. The summed E-state index contributed by atoms with van der Waals surface area (Å²) in [5.74, 6) is 0. The van der Waals surface area contributed by atoms with Gasteiger partial charge in [0.2, 0.25) is 0 Å². The van der Waals surface area contributed by atoms with Crippen molar-refractivity contribution in [3.05, 3.63) is 0 Å². The topological polar surface area (TPSA) is 0 Å². The molecule has 2 heteroatoms. The third-order valence-electron chi connectivity index (χ3n) is 0.358. The molecule has 1 aliphatic heterocycles. The fourth-order valence-electron chi connectivity index (χ4n) is 0.0445. The first-order valence-electron chi connectivity index (χ1n) is 1.27. The van der Waals surface area contributed by atoms with Gasteiger partial charge in [0.05, 0.1) is 5.12 Å². The molecule has 1 rings (SSSR count). The maximum Gasteiger partial charge on any atom is 0.0542 e. The van der Waals surface area contributed by atoms with Gasteiger partial charge in [0.15, 0.2) is 0 Å². The Hall–Kier alpha value is 0.720. The van der Waals surface area contributed by atoms with Crippen LogP contribution in [0.4, 0.5) is 0 Å². The van der Waals surface area contributed by atoms with Gasteiger partial charge in [-0.2, -0.15) is 0 Å². The summed E-state index contributed by atoms with van der Waals surface area (Å²) >= 11 is 5.40. The van der Waals surface area contributed by atoms with Crippen molar-refractivity contribution < 1.29 is 0 Å². The van der Waals surface area contributed by atoms with Crippen molar-refractivity contribution in [2.45, 2.75) is 5.12 Å². The zero-order valence-corrected chi connectivity index (χ0v) is 3.92. The highest BCUT2D eigenvalue weighted by molar-refractivity contribution is 7.50. The fraction of sp³-hybridized carbons (Fsp3) is 1.00. The largest absolute Gasteiger partial charge is 0.118 e. The van der Waals surface area contributed by atoms with Gasteiger partial charge in [-0.25, -0.2) is 0 Å². The van der Waals surface area contributed by atoms with E-state index in [0.29, 0.717) is 5.12 Å². The van der Waals surface area contributed by atoms with Gasteiger partial charge in [0.25, 0.3) is 0 Å². The molecule has 0 spiro atoms. The van der Waals surface area contributed by atoms with Gasteiger partial charge >= 0.3 is 0 Å². The third kappa shape index (κ3) is 0.581. The maximum atomic E-state index is 5.40. The quantitative estimate of drug-likeness (QED) is 0.313. The van der Waals surface area contributed by atoms with E-state index in [0.717, 1.165) is 8.58 Å². The molecule has 0 saturated carbocycles. The smallest absolute Gasteiger partial charge is 0.0542 e. The molecule has 0 aromatic rings. The van der Waals surface area contributed by atoms with Crippen molar-refractivity contribution in [1.29, 1.82) is 0 Å². The standard InChI is InChI=1S/C2H4ClP/c3-2-1-4-2/h2,4H,1H2. The Morgan fingerprint density at radius 3 is 2.25 bits per heavy atom. The molecule has 1 aliphatic rings. The first-order valence-corrected chi connectivity index (χ1v) is 2.99. The summed E-state index contributed by atoms with van der Waals surface area (Å²) in [5.41, 5.74) is 0. The van der Waals surface area contributed by atoms with Gasteiger partial charge < -0.3 is 0 Å². The van der Waals surface area contributed by atoms with Gasteiger partial charge in [-0.1, -0.05) is 0 Å². The van der Waals surface area contributed by atoms with Crippen LogP contribution in [-0.4, -0.2) is 11.3 Å². The number of hydrogen-bond donors (Lipinski definition) is 0. The normalized spacial score (nSPS) is 45.8. The van der Waals surface area contributed by atoms with Crippen LogP contribution in [-0.2, 0) is 0 Å². The van der Waals surface area contributed by atoms with Crippen LogP contribution < -0.4 is 0 Å². The Bertz CT molecular complexity index is 25.2. The number of halogens is 1. The first kappa shape index (κ1) is 2.93. The van der Waals surface area contributed by atoms with E-state index in [1.165, 1.54) is 6.16 Å². The van der Waals surface area contributed by atoms with E-state index >= 15 is 0 Å². The minimum Gasteiger partial charge on any atom is -0.118 e. The van der Waals surface area contributed by atoms with Crippen LogP contribution >= 0.6 is 20.2 Å². The van der Waals surface area contributed by atoms with Gasteiger partial charge in [-0.15, -0.1) is 20.2 Å². The number of hydrogen-bond acceptors (Lipinski definition) is 0.